The number of nitrogens with zero attached hydrogens (tertiary/aromatic N) is 1. The zero-order chi connectivity index (χ0) is 11.4. The first-order chi connectivity index (χ1) is 7.77. The summed E-state index contributed by atoms with van der Waals surface area (Å²) in [6, 6.07) is 18.5. The zero-order valence-corrected chi connectivity index (χ0v) is 9.64. The van der Waals surface area contributed by atoms with Crippen LogP contribution in [0.3, 0.4) is 0 Å². The fraction of sp³-hybridized carbons (Fsp3) is 0.143. The Bertz CT molecular complexity index is 449. The highest BCUT2D eigenvalue weighted by Gasteiger charge is 2.02. The number of hydrogen-bond acceptors (Lipinski definition) is 2. The van der Waals surface area contributed by atoms with Crippen LogP contribution in [0.15, 0.2) is 54.6 Å². The molecular weight excluding hydrogens is 196 g/mol. The molecule has 2 heteroatoms. The first-order valence-corrected chi connectivity index (χ1v) is 5.36. The van der Waals surface area contributed by atoms with E-state index in [0.717, 1.165) is 11.4 Å². The SMILES string of the molecule is CN(C)c1ccccc1Nc1ccccc1. The average molecular weight is 212 g/mol. The van der Waals surface area contributed by atoms with E-state index < -0.39 is 0 Å². The van der Waals surface area contributed by atoms with Crippen molar-refractivity contribution < 1.29 is 0 Å². The lowest BCUT2D eigenvalue weighted by Gasteiger charge is -2.18. The summed E-state index contributed by atoms with van der Waals surface area (Å²) in [5.41, 5.74) is 3.42. The van der Waals surface area contributed by atoms with Crippen molar-refractivity contribution in [2.45, 2.75) is 0 Å². The Morgan fingerprint density at radius 2 is 1.44 bits per heavy atom. The van der Waals surface area contributed by atoms with Crippen molar-refractivity contribution in [2.75, 3.05) is 24.3 Å². The molecule has 0 bridgehead atoms. The van der Waals surface area contributed by atoms with Gasteiger partial charge in [0.05, 0.1) is 11.4 Å². The molecule has 16 heavy (non-hydrogen) atoms. The second-order valence-electron chi connectivity index (χ2n) is 3.90. The summed E-state index contributed by atoms with van der Waals surface area (Å²) < 4.78 is 0. The first kappa shape index (κ1) is 10.6. The lowest BCUT2D eigenvalue weighted by molar-refractivity contribution is 1.13. The normalized spacial score (nSPS) is 9.88. The minimum absolute atomic E-state index is 1.11. The van der Waals surface area contributed by atoms with Gasteiger partial charge in [-0.3, -0.25) is 0 Å². The molecule has 0 aromatic heterocycles. The van der Waals surface area contributed by atoms with E-state index in [2.05, 4.69) is 34.5 Å². The molecule has 0 fully saturated rings. The van der Waals surface area contributed by atoms with Crippen LogP contribution < -0.4 is 10.2 Å². The molecule has 0 amide bonds. The molecule has 0 spiro atoms. The topological polar surface area (TPSA) is 15.3 Å². The van der Waals surface area contributed by atoms with Crippen LogP contribution in [0.4, 0.5) is 17.1 Å². The third-order valence-corrected chi connectivity index (χ3v) is 2.44. The molecule has 0 aliphatic heterocycles. The van der Waals surface area contributed by atoms with Crippen molar-refractivity contribution in [2.24, 2.45) is 0 Å². The van der Waals surface area contributed by atoms with E-state index in [1.54, 1.807) is 0 Å². The predicted octanol–water partition coefficient (Wildman–Crippen LogP) is 3.50. The van der Waals surface area contributed by atoms with Crippen LogP contribution in [0, 0.1) is 0 Å². The molecule has 2 nitrogen and oxygen atoms in total. The van der Waals surface area contributed by atoms with Crippen molar-refractivity contribution in [1.82, 2.24) is 0 Å². The van der Waals surface area contributed by atoms with Gasteiger partial charge < -0.3 is 10.2 Å². The lowest BCUT2D eigenvalue weighted by atomic mass is 10.2. The summed E-state index contributed by atoms with van der Waals surface area (Å²) in [6.45, 7) is 0. The summed E-state index contributed by atoms with van der Waals surface area (Å²) in [4.78, 5) is 2.10. The van der Waals surface area contributed by atoms with Gasteiger partial charge in [-0.2, -0.15) is 0 Å². The molecule has 0 aliphatic rings. The number of para-hydroxylation sites is 3. The Labute approximate surface area is 96.5 Å². The van der Waals surface area contributed by atoms with E-state index in [1.165, 1.54) is 5.69 Å². The molecule has 0 aliphatic carbocycles. The van der Waals surface area contributed by atoms with Crippen LogP contribution in [-0.4, -0.2) is 14.1 Å². The molecule has 2 aromatic carbocycles. The number of anilines is 3. The summed E-state index contributed by atoms with van der Waals surface area (Å²) in [6.07, 6.45) is 0. The Kier molecular flexibility index (Phi) is 3.10. The van der Waals surface area contributed by atoms with Gasteiger partial charge in [-0.15, -0.1) is 0 Å². The van der Waals surface area contributed by atoms with Crippen LogP contribution in [0.25, 0.3) is 0 Å². The first-order valence-electron chi connectivity index (χ1n) is 5.36. The highest BCUT2D eigenvalue weighted by Crippen LogP contribution is 2.26. The van der Waals surface area contributed by atoms with Crippen LogP contribution in [0.1, 0.15) is 0 Å². The second-order valence-corrected chi connectivity index (χ2v) is 3.90. The minimum atomic E-state index is 1.11. The Hall–Kier alpha value is -1.96. The summed E-state index contributed by atoms with van der Waals surface area (Å²) in [5.74, 6) is 0. The quantitative estimate of drug-likeness (QED) is 0.837. The number of hydrogen-bond donors (Lipinski definition) is 1. The Morgan fingerprint density at radius 1 is 0.812 bits per heavy atom. The third kappa shape index (κ3) is 2.34. The van der Waals surface area contributed by atoms with Gasteiger partial charge in [-0.1, -0.05) is 30.3 Å². The molecule has 0 saturated heterocycles. The van der Waals surface area contributed by atoms with Crippen molar-refractivity contribution >= 4 is 17.1 Å². The molecule has 0 unspecified atom stereocenters. The maximum atomic E-state index is 3.41. The van der Waals surface area contributed by atoms with Gasteiger partial charge in [-0.25, -0.2) is 0 Å². The van der Waals surface area contributed by atoms with Crippen molar-refractivity contribution in [1.29, 1.82) is 0 Å². The van der Waals surface area contributed by atoms with E-state index >= 15 is 0 Å². The third-order valence-electron chi connectivity index (χ3n) is 2.44. The molecule has 2 aromatic rings. The molecule has 2 rings (SSSR count). The molecule has 82 valence electrons. The monoisotopic (exact) mass is 212 g/mol. The fourth-order valence-electron chi connectivity index (χ4n) is 1.65. The molecular formula is C14H16N2. The summed E-state index contributed by atoms with van der Waals surface area (Å²) in [7, 11) is 4.09. The average Bonchev–Trinajstić information content (AvgIpc) is 2.31. The van der Waals surface area contributed by atoms with Gasteiger partial charge >= 0.3 is 0 Å². The van der Waals surface area contributed by atoms with Crippen molar-refractivity contribution in [3.8, 4) is 0 Å². The van der Waals surface area contributed by atoms with Gasteiger partial charge in [0.1, 0.15) is 0 Å². The van der Waals surface area contributed by atoms with Gasteiger partial charge in [0.2, 0.25) is 0 Å². The second kappa shape index (κ2) is 4.71. The predicted molar refractivity (Wildman–Crippen MR) is 70.5 cm³/mol. The summed E-state index contributed by atoms with van der Waals surface area (Å²) >= 11 is 0. The fourth-order valence-corrected chi connectivity index (χ4v) is 1.65. The lowest BCUT2D eigenvalue weighted by Crippen LogP contribution is -2.10. The molecule has 0 saturated carbocycles. The van der Waals surface area contributed by atoms with Gasteiger partial charge in [-0.05, 0) is 24.3 Å². The highest BCUT2D eigenvalue weighted by molar-refractivity contribution is 5.74. The van der Waals surface area contributed by atoms with Crippen LogP contribution in [-0.2, 0) is 0 Å². The molecule has 0 radical (unpaired) electrons. The Balaban J connectivity index is 2.28. The van der Waals surface area contributed by atoms with E-state index in [0.29, 0.717) is 0 Å². The standard InChI is InChI=1S/C14H16N2/c1-16(2)14-11-7-6-10-13(14)15-12-8-4-3-5-9-12/h3-11,15H,1-2H3. The zero-order valence-electron chi connectivity index (χ0n) is 9.64. The van der Waals surface area contributed by atoms with Gasteiger partial charge in [0.25, 0.3) is 0 Å². The minimum Gasteiger partial charge on any atom is -0.376 e. The Morgan fingerprint density at radius 3 is 2.12 bits per heavy atom. The van der Waals surface area contributed by atoms with Gasteiger partial charge in [0, 0.05) is 19.8 Å². The van der Waals surface area contributed by atoms with Crippen molar-refractivity contribution in [3.63, 3.8) is 0 Å². The molecule has 0 atom stereocenters. The van der Waals surface area contributed by atoms with Crippen LogP contribution in [0.2, 0.25) is 0 Å². The number of benzene rings is 2. The van der Waals surface area contributed by atoms with Gasteiger partial charge in [0.15, 0.2) is 0 Å². The van der Waals surface area contributed by atoms with E-state index in [1.807, 2.05) is 44.4 Å². The van der Waals surface area contributed by atoms with Crippen LogP contribution in [0.5, 0.6) is 0 Å². The van der Waals surface area contributed by atoms with E-state index in [9.17, 15) is 0 Å². The smallest absolute Gasteiger partial charge is 0.0621 e. The van der Waals surface area contributed by atoms with E-state index in [4.69, 9.17) is 0 Å². The number of nitrogens with one attached hydrogen (secondary N) is 1. The molecule has 1 N–H and O–H groups in total. The number of rotatable bonds is 3. The largest absolute Gasteiger partial charge is 0.376 e. The van der Waals surface area contributed by atoms with Crippen molar-refractivity contribution in [3.05, 3.63) is 54.6 Å². The maximum absolute atomic E-state index is 3.41. The maximum Gasteiger partial charge on any atom is 0.0621 e. The van der Waals surface area contributed by atoms with Crippen LogP contribution >= 0.6 is 0 Å². The molecule has 0 heterocycles. The summed E-state index contributed by atoms with van der Waals surface area (Å²) in [5, 5.41) is 3.41. The van der Waals surface area contributed by atoms with E-state index in [-0.39, 0.29) is 0 Å². The highest BCUT2D eigenvalue weighted by atomic mass is 15.1.